The topological polar surface area (TPSA) is 47.6 Å². The summed E-state index contributed by atoms with van der Waals surface area (Å²) in [5, 5.41) is 3.47. The highest BCUT2D eigenvalue weighted by atomic mass is 35.5. The number of hydrogen-bond acceptors (Lipinski definition) is 3. The molecule has 2 aromatic carbocycles. The Morgan fingerprint density at radius 2 is 1.78 bits per heavy atom. The first-order valence-corrected chi connectivity index (χ1v) is 9.78. The van der Waals surface area contributed by atoms with Crippen LogP contribution in [0, 0.1) is 13.8 Å². The highest BCUT2D eigenvalue weighted by Crippen LogP contribution is 2.34. The number of nitrogens with one attached hydrogen (secondary N) is 1. The molecule has 2 aromatic rings. The van der Waals surface area contributed by atoms with E-state index in [4.69, 9.17) is 32.7 Å². The normalized spacial score (nSPS) is 10.6. The maximum absolute atomic E-state index is 12.3. The SMILES string of the molecule is CCCCOc1c(Cl)cc(C(=O)NCCOc2cccc(C)c2C)cc1Cl. The molecule has 1 amide bonds. The van der Waals surface area contributed by atoms with Crippen LogP contribution in [0.15, 0.2) is 30.3 Å². The Bertz CT molecular complexity index is 770. The number of rotatable bonds is 9. The zero-order valence-electron chi connectivity index (χ0n) is 15.9. The molecule has 0 aliphatic carbocycles. The van der Waals surface area contributed by atoms with Gasteiger partial charge in [-0.05, 0) is 49.6 Å². The van der Waals surface area contributed by atoms with Crippen molar-refractivity contribution in [3.63, 3.8) is 0 Å². The fraction of sp³-hybridized carbons (Fsp3) is 0.381. The molecule has 4 nitrogen and oxygen atoms in total. The Hall–Kier alpha value is -1.91. The van der Waals surface area contributed by atoms with E-state index in [1.54, 1.807) is 12.1 Å². The second-order valence-corrected chi connectivity index (χ2v) is 7.09. The first-order chi connectivity index (χ1) is 12.9. The van der Waals surface area contributed by atoms with Gasteiger partial charge in [-0.25, -0.2) is 0 Å². The molecule has 0 spiro atoms. The van der Waals surface area contributed by atoms with Crippen molar-refractivity contribution in [1.82, 2.24) is 5.32 Å². The van der Waals surface area contributed by atoms with Gasteiger partial charge in [0.1, 0.15) is 12.4 Å². The van der Waals surface area contributed by atoms with Crippen LogP contribution in [0.25, 0.3) is 0 Å². The first kappa shape index (κ1) is 21.4. The van der Waals surface area contributed by atoms with Crippen LogP contribution in [-0.4, -0.2) is 25.7 Å². The van der Waals surface area contributed by atoms with Gasteiger partial charge in [-0.2, -0.15) is 0 Å². The summed E-state index contributed by atoms with van der Waals surface area (Å²) < 4.78 is 11.3. The van der Waals surface area contributed by atoms with E-state index in [9.17, 15) is 4.79 Å². The summed E-state index contributed by atoms with van der Waals surface area (Å²) in [6, 6.07) is 9.03. The molecule has 0 bridgehead atoms. The minimum atomic E-state index is -0.261. The van der Waals surface area contributed by atoms with Gasteiger partial charge in [0, 0.05) is 5.56 Å². The van der Waals surface area contributed by atoms with Crippen LogP contribution < -0.4 is 14.8 Å². The summed E-state index contributed by atoms with van der Waals surface area (Å²) in [7, 11) is 0. The van der Waals surface area contributed by atoms with Crippen molar-refractivity contribution in [2.45, 2.75) is 33.6 Å². The Morgan fingerprint density at radius 1 is 1.07 bits per heavy atom. The van der Waals surface area contributed by atoms with Crippen molar-refractivity contribution in [3.8, 4) is 11.5 Å². The molecule has 0 aromatic heterocycles. The van der Waals surface area contributed by atoms with Gasteiger partial charge < -0.3 is 14.8 Å². The zero-order valence-corrected chi connectivity index (χ0v) is 17.4. The number of carbonyl (C=O) groups is 1. The Balaban J connectivity index is 1.89. The highest BCUT2D eigenvalue weighted by Gasteiger charge is 2.14. The Labute approximate surface area is 170 Å². The van der Waals surface area contributed by atoms with Gasteiger partial charge in [-0.1, -0.05) is 48.7 Å². The minimum Gasteiger partial charge on any atom is -0.491 e. The molecular weight excluding hydrogens is 385 g/mol. The molecule has 0 unspecified atom stereocenters. The van der Waals surface area contributed by atoms with Crippen LogP contribution in [0.5, 0.6) is 11.5 Å². The van der Waals surface area contributed by atoms with Crippen molar-refractivity contribution < 1.29 is 14.3 Å². The molecular formula is C21H25Cl2NO3. The van der Waals surface area contributed by atoms with Crippen LogP contribution in [0.2, 0.25) is 10.0 Å². The van der Waals surface area contributed by atoms with E-state index in [0.29, 0.717) is 41.1 Å². The molecule has 2 rings (SSSR count). The van der Waals surface area contributed by atoms with Crippen molar-refractivity contribution in [1.29, 1.82) is 0 Å². The van der Waals surface area contributed by atoms with Crippen LogP contribution in [0.1, 0.15) is 41.3 Å². The number of amides is 1. The van der Waals surface area contributed by atoms with Crippen LogP contribution >= 0.6 is 23.2 Å². The maximum Gasteiger partial charge on any atom is 0.251 e. The molecule has 0 atom stereocenters. The van der Waals surface area contributed by atoms with Crippen LogP contribution in [0.3, 0.4) is 0 Å². The lowest BCUT2D eigenvalue weighted by atomic mass is 10.1. The number of unbranched alkanes of at least 4 members (excludes halogenated alkanes) is 1. The van der Waals surface area contributed by atoms with Crippen LogP contribution in [0.4, 0.5) is 0 Å². The highest BCUT2D eigenvalue weighted by molar-refractivity contribution is 6.37. The molecule has 146 valence electrons. The van der Waals surface area contributed by atoms with E-state index in [2.05, 4.69) is 12.2 Å². The van der Waals surface area contributed by atoms with Gasteiger partial charge >= 0.3 is 0 Å². The van der Waals surface area contributed by atoms with E-state index >= 15 is 0 Å². The number of halogens is 2. The standard InChI is InChI=1S/C21H25Cl2NO3/c1-4-5-10-27-20-17(22)12-16(13-18(20)23)21(25)24-9-11-26-19-8-6-7-14(2)15(19)3/h6-8,12-13H,4-5,9-11H2,1-3H3,(H,24,25). The molecule has 0 radical (unpaired) electrons. The number of benzene rings is 2. The van der Waals surface area contributed by atoms with Crippen molar-refractivity contribution in [3.05, 3.63) is 57.1 Å². The summed E-state index contributed by atoms with van der Waals surface area (Å²) in [5.74, 6) is 0.981. The van der Waals surface area contributed by atoms with Gasteiger partial charge in [0.15, 0.2) is 5.75 Å². The number of hydrogen-bond donors (Lipinski definition) is 1. The first-order valence-electron chi connectivity index (χ1n) is 9.03. The van der Waals surface area contributed by atoms with Gasteiger partial charge in [0.2, 0.25) is 0 Å². The molecule has 0 aliphatic rings. The average Bonchev–Trinajstić information content (AvgIpc) is 2.64. The third-order valence-corrected chi connectivity index (χ3v) is 4.77. The number of ether oxygens (including phenoxy) is 2. The van der Waals surface area contributed by atoms with E-state index < -0.39 is 0 Å². The van der Waals surface area contributed by atoms with Crippen molar-refractivity contribution >= 4 is 29.1 Å². The molecule has 0 heterocycles. The third-order valence-electron chi connectivity index (χ3n) is 4.20. The van der Waals surface area contributed by atoms with Gasteiger partial charge in [0.25, 0.3) is 5.91 Å². The summed E-state index contributed by atoms with van der Waals surface area (Å²) >= 11 is 12.4. The summed E-state index contributed by atoms with van der Waals surface area (Å²) in [5.41, 5.74) is 2.66. The summed E-state index contributed by atoms with van der Waals surface area (Å²) in [6.45, 7) is 7.40. The molecule has 6 heteroatoms. The Kier molecular flexibility index (Phi) is 8.26. The molecule has 0 fully saturated rings. The predicted octanol–water partition coefficient (Wildman–Crippen LogP) is 5.60. The van der Waals surface area contributed by atoms with Gasteiger partial charge in [-0.15, -0.1) is 0 Å². The van der Waals surface area contributed by atoms with Gasteiger partial charge in [-0.3, -0.25) is 4.79 Å². The van der Waals surface area contributed by atoms with E-state index in [-0.39, 0.29) is 5.91 Å². The zero-order chi connectivity index (χ0) is 19.8. The van der Waals surface area contributed by atoms with Gasteiger partial charge in [0.05, 0.1) is 23.2 Å². The van der Waals surface area contributed by atoms with Crippen LogP contribution in [-0.2, 0) is 0 Å². The van der Waals surface area contributed by atoms with Crippen molar-refractivity contribution in [2.75, 3.05) is 19.8 Å². The average molecular weight is 410 g/mol. The maximum atomic E-state index is 12.3. The third kappa shape index (κ3) is 6.05. The second-order valence-electron chi connectivity index (χ2n) is 6.27. The van der Waals surface area contributed by atoms with E-state index in [1.165, 1.54) is 5.56 Å². The number of carbonyl (C=O) groups excluding carboxylic acids is 1. The largest absolute Gasteiger partial charge is 0.491 e. The number of aryl methyl sites for hydroxylation is 1. The second kappa shape index (κ2) is 10.4. The van der Waals surface area contributed by atoms with E-state index in [1.807, 2.05) is 32.0 Å². The lowest BCUT2D eigenvalue weighted by Crippen LogP contribution is -2.28. The molecule has 0 saturated heterocycles. The quantitative estimate of drug-likeness (QED) is 0.548. The monoisotopic (exact) mass is 409 g/mol. The predicted molar refractivity (Wildman–Crippen MR) is 111 cm³/mol. The molecule has 0 saturated carbocycles. The van der Waals surface area contributed by atoms with E-state index in [0.717, 1.165) is 24.2 Å². The molecule has 27 heavy (non-hydrogen) atoms. The lowest BCUT2D eigenvalue weighted by molar-refractivity contribution is 0.0947. The molecule has 0 aliphatic heterocycles. The molecule has 1 N–H and O–H groups in total. The fourth-order valence-corrected chi connectivity index (χ4v) is 3.05. The lowest BCUT2D eigenvalue weighted by Gasteiger charge is -2.13. The fourth-order valence-electron chi connectivity index (χ4n) is 2.46. The summed E-state index contributed by atoms with van der Waals surface area (Å²) in [4.78, 5) is 12.3. The minimum absolute atomic E-state index is 0.261. The Morgan fingerprint density at radius 3 is 2.44 bits per heavy atom. The smallest absolute Gasteiger partial charge is 0.251 e. The summed E-state index contributed by atoms with van der Waals surface area (Å²) in [6.07, 6.45) is 1.93. The van der Waals surface area contributed by atoms with Crippen molar-refractivity contribution in [2.24, 2.45) is 0 Å².